The van der Waals surface area contributed by atoms with E-state index < -0.39 is 11.6 Å². The first-order valence-corrected chi connectivity index (χ1v) is 16.0. The lowest BCUT2D eigenvalue weighted by Crippen LogP contribution is -2.31. The number of nitrogens with one attached hydrogen (secondary N) is 1. The molecule has 6 nitrogen and oxygen atoms in total. The number of hydrogen-bond acceptors (Lipinski definition) is 6. The zero-order chi connectivity index (χ0) is 31.3. The molecule has 0 saturated heterocycles. The van der Waals surface area contributed by atoms with Gasteiger partial charge in [-0.15, -0.1) is 23.1 Å². The predicted octanol–water partition coefficient (Wildman–Crippen LogP) is 9.14. The minimum Gasteiger partial charge on any atom is -0.331 e. The lowest BCUT2D eigenvalue weighted by Gasteiger charge is -2.21. The fourth-order valence-electron chi connectivity index (χ4n) is 4.91. The molecule has 6 rings (SSSR count). The normalized spacial score (nSPS) is 14.8. The summed E-state index contributed by atoms with van der Waals surface area (Å²) in [6.07, 6.45) is 3.90. The molecule has 5 heterocycles. The van der Waals surface area contributed by atoms with Crippen LogP contribution in [0.5, 0.6) is 0 Å². The smallest absolute Gasteiger partial charge is 0.142 e. The van der Waals surface area contributed by atoms with Gasteiger partial charge in [-0.1, -0.05) is 26.5 Å². The van der Waals surface area contributed by atoms with E-state index in [1.807, 2.05) is 74.5 Å². The van der Waals surface area contributed by atoms with E-state index in [9.17, 15) is 8.78 Å². The second-order valence-electron chi connectivity index (χ2n) is 9.60. The van der Waals surface area contributed by atoms with Crippen molar-refractivity contribution in [1.82, 2.24) is 29.6 Å². The minimum absolute atomic E-state index is 0.110. The Bertz CT molecular complexity index is 1820. The van der Waals surface area contributed by atoms with E-state index in [0.717, 1.165) is 40.7 Å². The van der Waals surface area contributed by atoms with E-state index in [0.29, 0.717) is 34.4 Å². The molecule has 1 aliphatic rings. The van der Waals surface area contributed by atoms with Crippen molar-refractivity contribution < 1.29 is 13.2 Å². The molecule has 0 radical (unpaired) electrons. The highest BCUT2D eigenvalue weighted by atomic mass is 32.2. The number of imidazole rings is 1. The van der Waals surface area contributed by atoms with E-state index in [2.05, 4.69) is 16.9 Å². The second kappa shape index (κ2) is 14.2. The van der Waals surface area contributed by atoms with Gasteiger partial charge in [0.15, 0.2) is 0 Å². The van der Waals surface area contributed by atoms with Gasteiger partial charge in [-0.25, -0.2) is 23.1 Å². The SMILES string of the molecule is C=CSC.CC.Cc1nc2cc(-c3nc(-c4cc5n(n4)C(C)CNC5)c(C=C(F)/C=C/F)c4c(F)csc34)ccc2n1C. The highest BCUT2D eigenvalue weighted by Gasteiger charge is 2.25. The number of halogens is 3. The Morgan fingerprint density at radius 1 is 1.21 bits per heavy atom. The van der Waals surface area contributed by atoms with Gasteiger partial charge in [0.1, 0.15) is 23.2 Å². The average Bonchev–Trinajstić information content (AvgIpc) is 3.70. The van der Waals surface area contributed by atoms with Crippen LogP contribution in [0.15, 0.2) is 59.9 Å². The van der Waals surface area contributed by atoms with Gasteiger partial charge in [-0.2, -0.15) is 5.10 Å². The van der Waals surface area contributed by atoms with Crippen LogP contribution in [0.1, 0.15) is 43.9 Å². The van der Waals surface area contributed by atoms with Crippen molar-refractivity contribution in [3.8, 4) is 22.6 Å². The summed E-state index contributed by atoms with van der Waals surface area (Å²) < 4.78 is 47.2. The van der Waals surface area contributed by atoms with Gasteiger partial charge in [-0.3, -0.25) is 4.68 Å². The summed E-state index contributed by atoms with van der Waals surface area (Å²) in [6.45, 7) is 12.8. The quantitative estimate of drug-likeness (QED) is 0.198. The van der Waals surface area contributed by atoms with Crippen molar-refractivity contribution in [2.75, 3.05) is 12.8 Å². The van der Waals surface area contributed by atoms with Gasteiger partial charge >= 0.3 is 0 Å². The van der Waals surface area contributed by atoms with Crippen LogP contribution in [0.3, 0.4) is 0 Å². The van der Waals surface area contributed by atoms with Crippen molar-refractivity contribution in [3.05, 3.63) is 82.8 Å². The Hall–Kier alpha value is -3.67. The number of hydrogen-bond donors (Lipinski definition) is 1. The Morgan fingerprint density at radius 2 is 1.95 bits per heavy atom. The third kappa shape index (κ3) is 6.48. The number of aryl methyl sites for hydroxylation is 2. The third-order valence-electron chi connectivity index (χ3n) is 6.98. The van der Waals surface area contributed by atoms with Crippen LogP contribution in [0.4, 0.5) is 13.2 Å². The highest BCUT2D eigenvalue weighted by molar-refractivity contribution is 8.01. The number of fused-ring (bicyclic) bond motifs is 3. The van der Waals surface area contributed by atoms with Crippen LogP contribution in [-0.2, 0) is 13.6 Å². The topological polar surface area (TPSA) is 60.6 Å². The number of benzene rings is 1. The molecule has 1 aromatic carbocycles. The first kappa shape index (κ1) is 32.2. The Balaban J connectivity index is 0.000000653. The Labute approximate surface area is 258 Å². The lowest BCUT2D eigenvalue weighted by molar-refractivity contribution is 0.392. The summed E-state index contributed by atoms with van der Waals surface area (Å²) in [5, 5.41) is 11.5. The maximum atomic E-state index is 15.3. The van der Waals surface area contributed by atoms with Crippen molar-refractivity contribution in [3.63, 3.8) is 0 Å². The third-order valence-corrected chi connectivity index (χ3v) is 8.27. The van der Waals surface area contributed by atoms with Gasteiger partial charge < -0.3 is 9.88 Å². The molecule has 1 unspecified atom stereocenters. The molecular formula is C32H35F3N6S2. The molecule has 1 aliphatic heterocycles. The van der Waals surface area contributed by atoms with Crippen LogP contribution >= 0.6 is 23.1 Å². The van der Waals surface area contributed by atoms with Crippen molar-refractivity contribution in [2.45, 2.75) is 40.3 Å². The Kier molecular flexibility index (Phi) is 10.6. The number of thiophene rings is 1. The van der Waals surface area contributed by atoms with Crippen LogP contribution in [0.2, 0.25) is 0 Å². The van der Waals surface area contributed by atoms with Crippen LogP contribution in [0, 0.1) is 12.7 Å². The van der Waals surface area contributed by atoms with Gasteiger partial charge in [0.2, 0.25) is 0 Å². The molecule has 0 saturated carbocycles. The maximum Gasteiger partial charge on any atom is 0.142 e. The predicted molar refractivity (Wildman–Crippen MR) is 176 cm³/mol. The van der Waals surface area contributed by atoms with Gasteiger partial charge in [0.25, 0.3) is 0 Å². The molecule has 0 bridgehead atoms. The molecule has 43 heavy (non-hydrogen) atoms. The average molecular weight is 625 g/mol. The van der Waals surface area contributed by atoms with Crippen molar-refractivity contribution in [2.24, 2.45) is 7.05 Å². The van der Waals surface area contributed by atoms with E-state index in [1.54, 1.807) is 17.2 Å². The van der Waals surface area contributed by atoms with Crippen molar-refractivity contribution in [1.29, 1.82) is 0 Å². The molecule has 0 aliphatic carbocycles. The highest BCUT2D eigenvalue weighted by Crippen LogP contribution is 2.41. The first-order valence-electron chi connectivity index (χ1n) is 13.9. The lowest BCUT2D eigenvalue weighted by atomic mass is 10.0. The van der Waals surface area contributed by atoms with Crippen LogP contribution in [-0.4, -0.2) is 37.1 Å². The minimum atomic E-state index is -0.852. The summed E-state index contributed by atoms with van der Waals surface area (Å²) in [4.78, 5) is 9.59. The molecule has 5 aromatic rings. The number of nitrogens with zero attached hydrogens (tertiary/aromatic N) is 5. The molecule has 0 spiro atoms. The van der Waals surface area contributed by atoms with E-state index in [1.165, 1.54) is 16.7 Å². The largest absolute Gasteiger partial charge is 0.331 e. The molecule has 0 amide bonds. The molecular weight excluding hydrogens is 590 g/mol. The fraction of sp³-hybridized carbons (Fsp3) is 0.281. The zero-order valence-corrected chi connectivity index (χ0v) is 26.7. The number of rotatable bonds is 5. The van der Waals surface area contributed by atoms with Crippen molar-refractivity contribution >= 4 is 50.3 Å². The van der Waals surface area contributed by atoms with Gasteiger partial charge in [0.05, 0.1) is 45.2 Å². The monoisotopic (exact) mass is 624 g/mol. The first-order chi connectivity index (χ1) is 20.8. The number of aromatic nitrogens is 5. The van der Waals surface area contributed by atoms with Crippen LogP contribution < -0.4 is 5.32 Å². The molecule has 11 heteroatoms. The number of pyridine rings is 1. The van der Waals surface area contributed by atoms with E-state index in [4.69, 9.17) is 10.1 Å². The number of allylic oxidation sites excluding steroid dienone is 2. The summed E-state index contributed by atoms with van der Waals surface area (Å²) in [5.74, 6) is -0.479. The summed E-state index contributed by atoms with van der Waals surface area (Å²) in [6, 6.07) is 7.81. The zero-order valence-electron chi connectivity index (χ0n) is 25.1. The van der Waals surface area contributed by atoms with Gasteiger partial charge in [-0.05, 0) is 49.8 Å². The fourth-order valence-corrected chi connectivity index (χ4v) is 5.85. The standard InChI is InChI=1S/C27H23F3N6S.C3H6S.C2H6/c1-14-11-31-12-18-10-22(34-36(14)18)26-19(9-17(29)6-7-28)24-20(30)13-37-27(24)25(33-26)16-4-5-23-21(8-16)32-15(2)35(23)3;1-3-4-2;1-2/h4-10,13-14,31H,11-12H2,1-3H3;3H,1H2,2H3;1-2H3/b7-6+,17-9?;;. The maximum absolute atomic E-state index is 15.3. The molecule has 1 N–H and O–H groups in total. The summed E-state index contributed by atoms with van der Waals surface area (Å²) in [5.41, 5.74) is 5.08. The van der Waals surface area contributed by atoms with Crippen LogP contribution in [0.25, 0.3) is 49.8 Å². The summed E-state index contributed by atoms with van der Waals surface area (Å²) >= 11 is 2.81. The molecule has 0 fully saturated rings. The van der Waals surface area contributed by atoms with E-state index in [-0.39, 0.29) is 23.3 Å². The van der Waals surface area contributed by atoms with E-state index >= 15 is 4.39 Å². The second-order valence-corrected chi connectivity index (χ2v) is 11.3. The van der Waals surface area contributed by atoms with Gasteiger partial charge in [0, 0.05) is 48.1 Å². The summed E-state index contributed by atoms with van der Waals surface area (Å²) in [7, 11) is 1.95. The number of thioether (sulfide) groups is 1. The molecule has 4 aromatic heterocycles. The molecule has 1 atom stereocenters. The molecule has 226 valence electrons. The Morgan fingerprint density at radius 3 is 2.63 bits per heavy atom.